The summed E-state index contributed by atoms with van der Waals surface area (Å²) in [5, 5.41) is 20.2. The lowest BCUT2D eigenvalue weighted by Crippen LogP contribution is -2.10. The molecule has 0 aliphatic carbocycles. The zero-order valence-electron chi connectivity index (χ0n) is 34.8. The number of hydrogen-bond acceptors (Lipinski definition) is 1. The van der Waals surface area contributed by atoms with E-state index in [0.717, 1.165) is 22.7 Å². The third-order valence-corrected chi connectivity index (χ3v) is 13.8. The van der Waals surface area contributed by atoms with Crippen molar-refractivity contribution in [2.24, 2.45) is 0 Å². The molecule has 14 aromatic rings. The van der Waals surface area contributed by atoms with Crippen LogP contribution in [0.2, 0.25) is 0 Å². The number of fused-ring (bicyclic) bond motifs is 6. The predicted molar refractivity (Wildman–Crippen MR) is 275 cm³/mol. The van der Waals surface area contributed by atoms with Crippen molar-refractivity contribution in [1.29, 1.82) is 0 Å². The van der Waals surface area contributed by atoms with E-state index in [1.165, 1.54) is 108 Å². The summed E-state index contributed by atoms with van der Waals surface area (Å²) in [5.74, 6) is 0. The minimum atomic E-state index is 1.10. The van der Waals surface area contributed by atoms with E-state index in [2.05, 4.69) is 240 Å². The van der Waals surface area contributed by atoms with Crippen LogP contribution in [0.5, 0.6) is 0 Å². The standard InChI is InChI=1S/C62H38N2/c1-2-16-47(17-3-1)64-57-22-7-6-18-51(57)55-37-49(33-34-58(55)64)63(48-31-29-40(30-32-48)45-27-23-39-11-4-5-12-44(39)35-45)50-36-46-28-26-43-14-9-20-53-52-19-8-13-41-24-25-42-15-10-21-54(61(42)59(41)52)56(38-50)62(46)60(43)53/h1-38H. The van der Waals surface area contributed by atoms with Gasteiger partial charge in [-0.05, 0) is 153 Å². The van der Waals surface area contributed by atoms with Gasteiger partial charge in [-0.15, -0.1) is 0 Å². The Morgan fingerprint density at radius 2 is 0.750 bits per heavy atom. The van der Waals surface area contributed by atoms with Crippen molar-refractivity contribution in [2.45, 2.75) is 0 Å². The highest BCUT2D eigenvalue weighted by molar-refractivity contribution is 6.37. The minimum absolute atomic E-state index is 1.10. The SMILES string of the molecule is c1ccc(-n2c3ccccc3c3cc(N(c4ccc(-c5ccc6ccccc6c5)cc4)c4cc5ccc6cccc7c8cccc9ccc%10cccc(c(c4)c5c67)c%10c98)ccc32)cc1. The van der Waals surface area contributed by atoms with Gasteiger partial charge in [0.15, 0.2) is 0 Å². The third-order valence-electron chi connectivity index (χ3n) is 13.8. The van der Waals surface area contributed by atoms with E-state index < -0.39 is 0 Å². The molecule has 2 nitrogen and oxygen atoms in total. The van der Waals surface area contributed by atoms with Gasteiger partial charge in [-0.1, -0.05) is 164 Å². The van der Waals surface area contributed by atoms with Crippen LogP contribution in [0.3, 0.4) is 0 Å². The first-order valence-electron chi connectivity index (χ1n) is 22.2. The van der Waals surface area contributed by atoms with Crippen molar-refractivity contribution >= 4 is 114 Å². The second-order valence-corrected chi connectivity index (χ2v) is 17.3. The molecule has 0 amide bonds. The largest absolute Gasteiger partial charge is 0.310 e. The molecule has 0 atom stereocenters. The molecule has 64 heavy (non-hydrogen) atoms. The first kappa shape index (κ1) is 35.2. The summed E-state index contributed by atoms with van der Waals surface area (Å²) in [6, 6.07) is 85.7. The van der Waals surface area contributed by atoms with Gasteiger partial charge >= 0.3 is 0 Å². The molecule has 296 valence electrons. The molecule has 0 saturated heterocycles. The second kappa shape index (κ2) is 13.5. The molecule has 0 spiro atoms. The van der Waals surface area contributed by atoms with Crippen LogP contribution < -0.4 is 4.90 Å². The monoisotopic (exact) mass is 810 g/mol. The Morgan fingerprint density at radius 1 is 0.250 bits per heavy atom. The van der Waals surface area contributed by atoms with Crippen molar-refractivity contribution in [1.82, 2.24) is 4.57 Å². The van der Waals surface area contributed by atoms with Gasteiger partial charge in [0.25, 0.3) is 0 Å². The highest BCUT2D eigenvalue weighted by Gasteiger charge is 2.21. The van der Waals surface area contributed by atoms with Crippen LogP contribution >= 0.6 is 0 Å². The molecule has 0 N–H and O–H groups in total. The van der Waals surface area contributed by atoms with Gasteiger partial charge in [-0.2, -0.15) is 0 Å². The first-order valence-corrected chi connectivity index (χ1v) is 22.2. The third kappa shape index (κ3) is 5.14. The average molecular weight is 811 g/mol. The summed E-state index contributed by atoms with van der Waals surface area (Å²) >= 11 is 0. The molecule has 14 rings (SSSR count). The Balaban J connectivity index is 1.07. The molecule has 2 heteroatoms. The van der Waals surface area contributed by atoms with E-state index in [4.69, 9.17) is 0 Å². The number of benzene rings is 12. The molecule has 0 saturated carbocycles. The molecule has 0 aliphatic heterocycles. The number of aromatic nitrogens is 1. The lowest BCUT2D eigenvalue weighted by molar-refractivity contribution is 1.18. The van der Waals surface area contributed by atoms with Crippen molar-refractivity contribution in [3.8, 4) is 16.8 Å². The molecule has 0 fully saturated rings. The summed E-state index contributed by atoms with van der Waals surface area (Å²) < 4.78 is 2.39. The van der Waals surface area contributed by atoms with Gasteiger partial charge in [0.2, 0.25) is 0 Å². The predicted octanol–water partition coefficient (Wildman–Crippen LogP) is 17.4. The lowest BCUT2D eigenvalue weighted by atomic mass is 9.87. The van der Waals surface area contributed by atoms with Gasteiger partial charge in [0.1, 0.15) is 0 Å². The van der Waals surface area contributed by atoms with Crippen molar-refractivity contribution in [3.63, 3.8) is 0 Å². The Bertz CT molecular complexity index is 4170. The van der Waals surface area contributed by atoms with E-state index in [-0.39, 0.29) is 0 Å². The summed E-state index contributed by atoms with van der Waals surface area (Å²) in [7, 11) is 0. The molecular weight excluding hydrogens is 773 g/mol. The van der Waals surface area contributed by atoms with Crippen molar-refractivity contribution in [3.05, 3.63) is 231 Å². The highest BCUT2D eigenvalue weighted by atomic mass is 15.1. The average Bonchev–Trinajstić information content (AvgIpc) is 3.69. The first-order chi connectivity index (χ1) is 31.7. The number of para-hydroxylation sites is 2. The molecule has 13 aromatic carbocycles. The van der Waals surface area contributed by atoms with Gasteiger partial charge in [0.05, 0.1) is 11.0 Å². The van der Waals surface area contributed by atoms with Gasteiger partial charge in [-0.3, -0.25) is 0 Å². The molecule has 0 bridgehead atoms. The fourth-order valence-electron chi connectivity index (χ4n) is 11.0. The Hall–Kier alpha value is -8.46. The van der Waals surface area contributed by atoms with Crippen molar-refractivity contribution in [2.75, 3.05) is 4.90 Å². The van der Waals surface area contributed by atoms with Crippen LogP contribution in [0.1, 0.15) is 0 Å². The van der Waals surface area contributed by atoms with E-state index >= 15 is 0 Å². The Morgan fingerprint density at radius 3 is 1.47 bits per heavy atom. The van der Waals surface area contributed by atoms with Gasteiger partial charge < -0.3 is 9.47 Å². The van der Waals surface area contributed by atoms with E-state index in [9.17, 15) is 0 Å². The zero-order chi connectivity index (χ0) is 41.9. The van der Waals surface area contributed by atoms with Crippen LogP contribution in [0.25, 0.3) is 114 Å². The zero-order valence-corrected chi connectivity index (χ0v) is 34.8. The topological polar surface area (TPSA) is 8.17 Å². The number of hydrogen-bond donors (Lipinski definition) is 0. The maximum Gasteiger partial charge on any atom is 0.0542 e. The van der Waals surface area contributed by atoms with Crippen LogP contribution in [0.15, 0.2) is 231 Å². The fraction of sp³-hybridized carbons (Fsp3) is 0. The normalized spacial score (nSPS) is 12.1. The fourth-order valence-corrected chi connectivity index (χ4v) is 11.0. The molecule has 0 aliphatic rings. The molecular formula is C62H38N2. The summed E-state index contributed by atoms with van der Waals surface area (Å²) in [6.07, 6.45) is 0. The van der Waals surface area contributed by atoms with Crippen LogP contribution in [-0.4, -0.2) is 4.57 Å². The van der Waals surface area contributed by atoms with E-state index in [1.54, 1.807) is 0 Å². The Labute approximate surface area is 369 Å². The van der Waals surface area contributed by atoms with Crippen LogP contribution in [0.4, 0.5) is 17.1 Å². The number of rotatable bonds is 5. The van der Waals surface area contributed by atoms with E-state index in [0.29, 0.717) is 0 Å². The lowest BCUT2D eigenvalue weighted by Gasteiger charge is -2.27. The summed E-state index contributed by atoms with van der Waals surface area (Å²) in [5.41, 5.74) is 9.24. The molecule has 1 heterocycles. The maximum absolute atomic E-state index is 2.47. The molecule has 0 radical (unpaired) electrons. The number of anilines is 3. The summed E-state index contributed by atoms with van der Waals surface area (Å²) in [4.78, 5) is 2.47. The van der Waals surface area contributed by atoms with Gasteiger partial charge in [0, 0.05) is 33.5 Å². The van der Waals surface area contributed by atoms with Crippen LogP contribution in [-0.2, 0) is 0 Å². The highest BCUT2D eigenvalue weighted by Crippen LogP contribution is 2.47. The Kier molecular flexibility index (Phi) is 7.43. The quantitative estimate of drug-likeness (QED) is 0.157. The number of nitrogens with zero attached hydrogens (tertiary/aromatic N) is 2. The summed E-state index contributed by atoms with van der Waals surface area (Å²) in [6.45, 7) is 0. The minimum Gasteiger partial charge on any atom is -0.310 e. The smallest absolute Gasteiger partial charge is 0.0542 e. The van der Waals surface area contributed by atoms with E-state index in [1.807, 2.05) is 0 Å². The molecule has 0 unspecified atom stereocenters. The van der Waals surface area contributed by atoms with Crippen molar-refractivity contribution < 1.29 is 0 Å². The van der Waals surface area contributed by atoms with Gasteiger partial charge in [-0.25, -0.2) is 0 Å². The second-order valence-electron chi connectivity index (χ2n) is 17.3. The maximum atomic E-state index is 2.47. The van der Waals surface area contributed by atoms with Crippen LogP contribution in [0, 0.1) is 0 Å². The molecule has 1 aromatic heterocycles.